The van der Waals surface area contributed by atoms with Gasteiger partial charge in [0.15, 0.2) is 5.82 Å². The Morgan fingerprint density at radius 3 is 2.81 bits per heavy atom. The van der Waals surface area contributed by atoms with Crippen molar-refractivity contribution in [3.05, 3.63) is 30.5 Å². The van der Waals surface area contributed by atoms with Crippen LogP contribution in [0.1, 0.15) is 26.7 Å². The quantitative estimate of drug-likeness (QED) is 0.775. The lowest BCUT2D eigenvalue weighted by molar-refractivity contribution is -0.0102. The van der Waals surface area contributed by atoms with E-state index < -0.39 is 0 Å². The van der Waals surface area contributed by atoms with Gasteiger partial charge in [0.25, 0.3) is 0 Å². The van der Waals surface area contributed by atoms with Gasteiger partial charge in [-0.25, -0.2) is 0 Å². The van der Waals surface area contributed by atoms with Crippen molar-refractivity contribution in [3.63, 3.8) is 0 Å². The summed E-state index contributed by atoms with van der Waals surface area (Å²) < 4.78 is 2.15. The number of hydrogen-bond donors (Lipinski definition) is 1. The minimum Gasteiger partial charge on any atom is -0.361 e. The number of anilines is 1. The Balaban J connectivity index is 1.38. The number of fused-ring (bicyclic) bond motifs is 1. The average molecular weight is 364 g/mol. The Kier molecular flexibility index (Phi) is 3.79. The smallest absolute Gasteiger partial charge is 0.227 e. The predicted molar refractivity (Wildman–Crippen MR) is 109 cm³/mol. The summed E-state index contributed by atoms with van der Waals surface area (Å²) in [6.07, 6.45) is 4.49. The highest BCUT2D eigenvalue weighted by molar-refractivity contribution is 5.84. The Morgan fingerprint density at radius 1 is 1.15 bits per heavy atom. The zero-order valence-corrected chi connectivity index (χ0v) is 16.4. The standard InChI is InChI=1S/C21H28N6/c1-21(2)13-27(14-21)17-5-4-10-26(12-17)20-24-23-19(25(20)3)16-6-7-18-15(11-16)8-9-22-18/h6-9,11,17,22H,4-5,10,12-14H2,1-3H3. The molecule has 0 bridgehead atoms. The molecule has 142 valence electrons. The lowest BCUT2D eigenvalue weighted by Crippen LogP contribution is -2.61. The van der Waals surface area contributed by atoms with Gasteiger partial charge in [-0.15, -0.1) is 10.2 Å². The Labute approximate surface area is 160 Å². The Hall–Kier alpha value is -2.34. The van der Waals surface area contributed by atoms with E-state index in [0.717, 1.165) is 35.9 Å². The topological polar surface area (TPSA) is 53.0 Å². The van der Waals surface area contributed by atoms with Gasteiger partial charge in [0, 0.05) is 61.9 Å². The van der Waals surface area contributed by atoms with Crippen LogP contribution in [-0.4, -0.2) is 56.9 Å². The van der Waals surface area contributed by atoms with Crippen LogP contribution in [-0.2, 0) is 7.05 Å². The zero-order chi connectivity index (χ0) is 18.6. The number of hydrogen-bond acceptors (Lipinski definition) is 4. The molecule has 1 atom stereocenters. The third-order valence-electron chi connectivity index (χ3n) is 6.12. The summed E-state index contributed by atoms with van der Waals surface area (Å²) in [5, 5.41) is 10.3. The maximum Gasteiger partial charge on any atom is 0.227 e. The number of likely N-dealkylation sites (tertiary alicyclic amines) is 1. The molecule has 1 N–H and O–H groups in total. The summed E-state index contributed by atoms with van der Waals surface area (Å²) in [6, 6.07) is 9.15. The first-order valence-corrected chi connectivity index (χ1v) is 9.96. The molecule has 3 aromatic rings. The second-order valence-corrected chi connectivity index (χ2v) is 8.97. The molecule has 0 saturated carbocycles. The molecule has 2 aliphatic heterocycles. The molecule has 0 amide bonds. The minimum atomic E-state index is 0.483. The number of nitrogens with one attached hydrogen (secondary N) is 1. The largest absolute Gasteiger partial charge is 0.361 e. The van der Waals surface area contributed by atoms with Crippen LogP contribution in [0.15, 0.2) is 30.5 Å². The highest BCUT2D eigenvalue weighted by atomic mass is 15.4. The molecule has 1 aromatic carbocycles. The minimum absolute atomic E-state index is 0.483. The van der Waals surface area contributed by atoms with E-state index in [-0.39, 0.29) is 0 Å². The maximum atomic E-state index is 4.56. The lowest BCUT2D eigenvalue weighted by atomic mass is 9.82. The number of piperidine rings is 1. The molecule has 4 heterocycles. The first-order valence-electron chi connectivity index (χ1n) is 9.96. The Morgan fingerprint density at radius 2 is 2.00 bits per heavy atom. The van der Waals surface area contributed by atoms with Gasteiger partial charge in [-0.1, -0.05) is 13.8 Å². The maximum absolute atomic E-state index is 4.56. The van der Waals surface area contributed by atoms with Crippen LogP contribution in [0.3, 0.4) is 0 Å². The van der Waals surface area contributed by atoms with E-state index in [1.54, 1.807) is 0 Å². The van der Waals surface area contributed by atoms with Gasteiger partial charge < -0.3 is 9.88 Å². The van der Waals surface area contributed by atoms with Crippen LogP contribution in [0.4, 0.5) is 5.95 Å². The monoisotopic (exact) mass is 364 g/mol. The van der Waals surface area contributed by atoms with Crippen LogP contribution in [0.2, 0.25) is 0 Å². The second-order valence-electron chi connectivity index (χ2n) is 8.97. The van der Waals surface area contributed by atoms with E-state index in [0.29, 0.717) is 11.5 Å². The third-order valence-corrected chi connectivity index (χ3v) is 6.12. The van der Waals surface area contributed by atoms with E-state index in [9.17, 15) is 0 Å². The van der Waals surface area contributed by atoms with Crippen molar-refractivity contribution in [2.75, 3.05) is 31.1 Å². The van der Waals surface area contributed by atoms with Crippen molar-refractivity contribution in [1.29, 1.82) is 0 Å². The molecule has 1 unspecified atom stereocenters. The van der Waals surface area contributed by atoms with E-state index in [4.69, 9.17) is 0 Å². The average Bonchev–Trinajstić information content (AvgIpc) is 3.25. The molecule has 2 aliphatic rings. The zero-order valence-electron chi connectivity index (χ0n) is 16.4. The molecule has 0 aliphatic carbocycles. The van der Waals surface area contributed by atoms with Crippen LogP contribution < -0.4 is 4.90 Å². The van der Waals surface area contributed by atoms with Crippen molar-refractivity contribution < 1.29 is 0 Å². The summed E-state index contributed by atoms with van der Waals surface area (Å²) >= 11 is 0. The van der Waals surface area contributed by atoms with Gasteiger partial charge in [-0.2, -0.15) is 0 Å². The highest BCUT2D eigenvalue weighted by Crippen LogP contribution is 2.34. The van der Waals surface area contributed by atoms with Crippen LogP contribution in [0.25, 0.3) is 22.3 Å². The SMILES string of the molecule is Cn1c(-c2ccc3[nH]ccc3c2)nnc1N1CCCC(N2CC(C)(C)C2)C1. The van der Waals surface area contributed by atoms with E-state index in [1.807, 2.05) is 6.20 Å². The van der Waals surface area contributed by atoms with Gasteiger partial charge in [0.05, 0.1) is 0 Å². The molecule has 2 aromatic heterocycles. The molecular formula is C21H28N6. The third kappa shape index (κ3) is 2.92. The number of aromatic amines is 1. The molecule has 27 heavy (non-hydrogen) atoms. The first kappa shape index (κ1) is 16.8. The van der Waals surface area contributed by atoms with E-state index >= 15 is 0 Å². The normalized spacial score (nSPS) is 22.9. The molecule has 6 nitrogen and oxygen atoms in total. The molecule has 6 heteroatoms. The molecule has 2 fully saturated rings. The van der Waals surface area contributed by atoms with Gasteiger partial charge in [-0.3, -0.25) is 9.47 Å². The fourth-order valence-corrected chi connectivity index (χ4v) is 4.79. The second kappa shape index (κ2) is 6.09. The fraction of sp³-hybridized carbons (Fsp3) is 0.524. The van der Waals surface area contributed by atoms with Crippen molar-refractivity contribution in [2.45, 2.75) is 32.7 Å². The number of H-pyrrole nitrogens is 1. The predicted octanol–water partition coefficient (Wildman–Crippen LogP) is 3.27. The highest BCUT2D eigenvalue weighted by Gasteiger charge is 2.39. The van der Waals surface area contributed by atoms with Crippen LogP contribution in [0, 0.1) is 5.41 Å². The fourth-order valence-electron chi connectivity index (χ4n) is 4.79. The van der Waals surface area contributed by atoms with Crippen LogP contribution >= 0.6 is 0 Å². The summed E-state index contributed by atoms with van der Waals surface area (Å²) in [5.74, 6) is 1.92. The molecule has 0 radical (unpaired) electrons. The summed E-state index contributed by atoms with van der Waals surface area (Å²) in [6.45, 7) is 9.27. The number of aromatic nitrogens is 4. The summed E-state index contributed by atoms with van der Waals surface area (Å²) in [5.41, 5.74) is 2.75. The molecule has 0 spiro atoms. The summed E-state index contributed by atoms with van der Waals surface area (Å²) in [7, 11) is 2.09. The summed E-state index contributed by atoms with van der Waals surface area (Å²) in [4.78, 5) is 8.31. The van der Waals surface area contributed by atoms with Crippen molar-refractivity contribution in [3.8, 4) is 11.4 Å². The number of benzene rings is 1. The van der Waals surface area contributed by atoms with Gasteiger partial charge in [-0.05, 0) is 42.5 Å². The van der Waals surface area contributed by atoms with Crippen LogP contribution in [0.5, 0.6) is 0 Å². The Bertz CT molecular complexity index is 960. The first-order chi connectivity index (χ1) is 13.0. The van der Waals surface area contributed by atoms with Crippen molar-refractivity contribution >= 4 is 16.9 Å². The van der Waals surface area contributed by atoms with Gasteiger partial charge in [0.2, 0.25) is 5.95 Å². The molecule has 5 rings (SSSR count). The number of rotatable bonds is 3. The van der Waals surface area contributed by atoms with E-state index in [1.165, 1.54) is 31.3 Å². The van der Waals surface area contributed by atoms with Crippen molar-refractivity contribution in [2.24, 2.45) is 12.5 Å². The lowest BCUT2D eigenvalue weighted by Gasteiger charge is -2.52. The molecule has 2 saturated heterocycles. The number of nitrogens with zero attached hydrogens (tertiary/aromatic N) is 5. The van der Waals surface area contributed by atoms with E-state index in [2.05, 4.69) is 74.7 Å². The van der Waals surface area contributed by atoms with Crippen molar-refractivity contribution in [1.82, 2.24) is 24.6 Å². The van der Waals surface area contributed by atoms with Gasteiger partial charge >= 0.3 is 0 Å². The molecular weight excluding hydrogens is 336 g/mol. The van der Waals surface area contributed by atoms with Gasteiger partial charge in [0.1, 0.15) is 0 Å².